The molecule has 0 radical (unpaired) electrons. The SMILES string of the molecule is CC(C)(C)C(=O)C(NC(=O)OCC1CCCC1)C(C)(C)C. The molecule has 1 aliphatic rings. The van der Waals surface area contributed by atoms with E-state index in [4.69, 9.17) is 4.74 Å². The topological polar surface area (TPSA) is 55.4 Å². The zero-order valence-electron chi connectivity index (χ0n) is 14.4. The second kappa shape index (κ2) is 6.80. The second-order valence-corrected chi connectivity index (χ2v) is 8.31. The van der Waals surface area contributed by atoms with Gasteiger partial charge in [-0.1, -0.05) is 54.4 Å². The highest BCUT2D eigenvalue weighted by Crippen LogP contribution is 2.28. The lowest BCUT2D eigenvalue weighted by Crippen LogP contribution is -2.53. The minimum atomic E-state index is -0.534. The lowest BCUT2D eigenvalue weighted by atomic mass is 9.76. The molecule has 4 nitrogen and oxygen atoms in total. The third kappa shape index (κ3) is 5.68. The number of hydrogen-bond acceptors (Lipinski definition) is 3. The van der Waals surface area contributed by atoms with Crippen LogP contribution in [0.4, 0.5) is 4.79 Å². The fourth-order valence-electron chi connectivity index (χ4n) is 2.64. The number of nitrogens with one attached hydrogen (secondary N) is 1. The molecule has 1 amide bonds. The molecule has 1 aliphatic carbocycles. The summed E-state index contributed by atoms with van der Waals surface area (Å²) in [4.78, 5) is 24.5. The fraction of sp³-hybridized carbons (Fsp3) is 0.882. The van der Waals surface area contributed by atoms with E-state index in [2.05, 4.69) is 5.32 Å². The molecule has 1 saturated carbocycles. The van der Waals surface area contributed by atoms with Gasteiger partial charge in [-0.2, -0.15) is 0 Å². The van der Waals surface area contributed by atoms with Crippen molar-refractivity contribution in [1.29, 1.82) is 0 Å². The molecule has 4 heteroatoms. The summed E-state index contributed by atoms with van der Waals surface area (Å²) in [6, 6.07) is -0.534. The van der Waals surface area contributed by atoms with Crippen LogP contribution in [0.5, 0.6) is 0 Å². The molecule has 0 aliphatic heterocycles. The van der Waals surface area contributed by atoms with Crippen molar-refractivity contribution in [3.8, 4) is 0 Å². The largest absolute Gasteiger partial charge is 0.449 e. The number of rotatable bonds is 4. The molecule has 1 rings (SSSR count). The normalized spacial score (nSPS) is 18.4. The molecule has 1 N–H and O–H groups in total. The molecule has 122 valence electrons. The first kappa shape index (κ1) is 18.0. The molecule has 0 aromatic carbocycles. The van der Waals surface area contributed by atoms with Crippen molar-refractivity contribution in [3.05, 3.63) is 0 Å². The van der Waals surface area contributed by atoms with Gasteiger partial charge in [0.15, 0.2) is 5.78 Å². The molecule has 1 fully saturated rings. The molecule has 0 aromatic heterocycles. The van der Waals surface area contributed by atoms with Crippen molar-refractivity contribution < 1.29 is 14.3 Å². The summed E-state index contributed by atoms with van der Waals surface area (Å²) in [6.45, 7) is 12.0. The Morgan fingerprint density at radius 2 is 1.62 bits per heavy atom. The molecule has 0 saturated heterocycles. The predicted molar refractivity (Wildman–Crippen MR) is 84.1 cm³/mol. The molecule has 0 bridgehead atoms. The number of ether oxygens (including phenoxy) is 1. The number of carbonyl (C=O) groups excluding carboxylic acids is 2. The summed E-state index contributed by atoms with van der Waals surface area (Å²) in [7, 11) is 0. The first-order valence-corrected chi connectivity index (χ1v) is 7.99. The Bertz CT molecular complexity index is 370. The number of Topliss-reactive ketones (excluding diaryl/α,β-unsaturated/α-hetero) is 1. The van der Waals surface area contributed by atoms with Crippen molar-refractivity contribution in [2.75, 3.05) is 6.61 Å². The van der Waals surface area contributed by atoms with Crippen LogP contribution in [0.1, 0.15) is 67.2 Å². The summed E-state index contributed by atoms with van der Waals surface area (Å²) in [5.74, 6) is 0.523. The van der Waals surface area contributed by atoms with Crippen LogP contribution in [0.15, 0.2) is 0 Å². The minimum absolute atomic E-state index is 0.0350. The van der Waals surface area contributed by atoms with Gasteiger partial charge in [0, 0.05) is 5.41 Å². The van der Waals surface area contributed by atoms with E-state index in [1.54, 1.807) is 0 Å². The summed E-state index contributed by atoms with van der Waals surface area (Å²) in [6.07, 6.45) is 4.25. The molecule has 0 spiro atoms. The smallest absolute Gasteiger partial charge is 0.407 e. The highest BCUT2D eigenvalue weighted by molar-refractivity contribution is 5.91. The lowest BCUT2D eigenvalue weighted by molar-refractivity contribution is -0.130. The Morgan fingerprint density at radius 3 is 2.05 bits per heavy atom. The van der Waals surface area contributed by atoms with Gasteiger partial charge in [0.25, 0.3) is 0 Å². The number of hydrogen-bond donors (Lipinski definition) is 1. The third-order valence-electron chi connectivity index (χ3n) is 4.05. The first-order valence-electron chi connectivity index (χ1n) is 7.99. The Kier molecular flexibility index (Phi) is 5.83. The molecular weight excluding hydrogens is 266 g/mol. The monoisotopic (exact) mass is 297 g/mol. The molecule has 1 atom stereocenters. The Hall–Kier alpha value is -1.06. The molecule has 21 heavy (non-hydrogen) atoms. The first-order chi connectivity index (χ1) is 9.51. The van der Waals surface area contributed by atoms with E-state index in [0.29, 0.717) is 12.5 Å². The van der Waals surface area contributed by atoms with Crippen molar-refractivity contribution in [2.24, 2.45) is 16.7 Å². The van der Waals surface area contributed by atoms with Gasteiger partial charge in [-0.3, -0.25) is 4.79 Å². The zero-order chi connectivity index (χ0) is 16.3. The maximum absolute atomic E-state index is 12.5. The number of carbonyl (C=O) groups is 2. The van der Waals surface area contributed by atoms with Gasteiger partial charge >= 0.3 is 6.09 Å². The van der Waals surface area contributed by atoms with Crippen molar-refractivity contribution in [1.82, 2.24) is 5.32 Å². The predicted octanol–water partition coefficient (Wildman–Crippen LogP) is 3.93. The van der Waals surface area contributed by atoms with Gasteiger partial charge in [-0.25, -0.2) is 4.79 Å². The Balaban J connectivity index is 2.60. The van der Waals surface area contributed by atoms with Gasteiger partial charge in [0.2, 0.25) is 0 Å². The van der Waals surface area contributed by atoms with Gasteiger partial charge in [0.05, 0.1) is 12.6 Å². The van der Waals surface area contributed by atoms with Gasteiger partial charge < -0.3 is 10.1 Å². The summed E-state index contributed by atoms with van der Waals surface area (Å²) >= 11 is 0. The van der Waals surface area contributed by atoms with Gasteiger partial charge in [-0.05, 0) is 24.2 Å². The highest BCUT2D eigenvalue weighted by atomic mass is 16.5. The van der Waals surface area contributed by atoms with Gasteiger partial charge in [-0.15, -0.1) is 0 Å². The van der Waals surface area contributed by atoms with E-state index in [1.165, 1.54) is 12.8 Å². The fourth-order valence-corrected chi connectivity index (χ4v) is 2.64. The van der Waals surface area contributed by atoms with Crippen LogP contribution >= 0.6 is 0 Å². The standard InChI is InChI=1S/C17H31NO3/c1-16(2,3)13(14(19)17(4,5)6)18-15(20)21-11-12-9-7-8-10-12/h12-13H,7-11H2,1-6H3,(H,18,20). The van der Waals surface area contributed by atoms with E-state index >= 15 is 0 Å². The van der Waals surface area contributed by atoms with Gasteiger partial charge in [0.1, 0.15) is 0 Å². The lowest BCUT2D eigenvalue weighted by Gasteiger charge is -2.34. The quantitative estimate of drug-likeness (QED) is 0.855. The van der Waals surface area contributed by atoms with Crippen LogP contribution in [-0.2, 0) is 9.53 Å². The zero-order valence-corrected chi connectivity index (χ0v) is 14.4. The number of ketones is 1. The third-order valence-corrected chi connectivity index (χ3v) is 4.05. The molecule has 1 unspecified atom stereocenters. The average molecular weight is 297 g/mol. The van der Waals surface area contributed by atoms with E-state index in [-0.39, 0.29) is 11.2 Å². The summed E-state index contributed by atoms with van der Waals surface area (Å²) in [5, 5.41) is 2.78. The van der Waals surface area contributed by atoms with Crippen LogP contribution in [0, 0.1) is 16.7 Å². The van der Waals surface area contributed by atoms with E-state index in [1.807, 2.05) is 41.5 Å². The van der Waals surface area contributed by atoms with E-state index in [9.17, 15) is 9.59 Å². The number of alkyl carbamates (subject to hydrolysis) is 1. The average Bonchev–Trinajstić information content (AvgIpc) is 2.83. The Labute approximate surface area is 129 Å². The molecule has 0 heterocycles. The van der Waals surface area contributed by atoms with E-state index in [0.717, 1.165) is 12.8 Å². The second-order valence-electron chi connectivity index (χ2n) is 8.31. The van der Waals surface area contributed by atoms with Crippen LogP contribution in [-0.4, -0.2) is 24.5 Å². The summed E-state index contributed by atoms with van der Waals surface area (Å²) < 4.78 is 5.31. The maximum atomic E-state index is 12.5. The molecule has 0 aromatic rings. The number of amides is 1. The Morgan fingerprint density at radius 1 is 1.10 bits per heavy atom. The minimum Gasteiger partial charge on any atom is -0.449 e. The van der Waals surface area contributed by atoms with E-state index < -0.39 is 17.6 Å². The van der Waals surface area contributed by atoms with Crippen molar-refractivity contribution in [3.63, 3.8) is 0 Å². The van der Waals surface area contributed by atoms with Crippen LogP contribution < -0.4 is 5.32 Å². The summed E-state index contributed by atoms with van der Waals surface area (Å²) in [5.41, 5.74) is -0.826. The molecular formula is C17H31NO3. The van der Waals surface area contributed by atoms with Crippen molar-refractivity contribution >= 4 is 11.9 Å². The highest BCUT2D eigenvalue weighted by Gasteiger charge is 2.38. The van der Waals surface area contributed by atoms with Crippen LogP contribution in [0.3, 0.4) is 0 Å². The van der Waals surface area contributed by atoms with Crippen LogP contribution in [0.2, 0.25) is 0 Å². The van der Waals surface area contributed by atoms with Crippen molar-refractivity contribution in [2.45, 2.75) is 73.3 Å². The maximum Gasteiger partial charge on any atom is 0.407 e. The van der Waals surface area contributed by atoms with Crippen LogP contribution in [0.25, 0.3) is 0 Å².